The number of nitrogens with zero attached hydrogens (tertiary/aromatic N) is 2. The molecular formula is C15H18ClN3O. The molecule has 1 aromatic carbocycles. The summed E-state index contributed by atoms with van der Waals surface area (Å²) in [5.41, 5.74) is 2.22. The molecule has 1 saturated carbocycles. The first-order chi connectivity index (χ1) is 9.70. The summed E-state index contributed by atoms with van der Waals surface area (Å²) in [6.07, 6.45) is 6.31. The number of aryl methyl sites for hydroxylation is 1. The molecular weight excluding hydrogens is 274 g/mol. The van der Waals surface area contributed by atoms with E-state index in [4.69, 9.17) is 16.3 Å². The van der Waals surface area contributed by atoms with E-state index in [1.165, 1.54) is 18.4 Å². The van der Waals surface area contributed by atoms with E-state index in [0.29, 0.717) is 23.4 Å². The lowest BCUT2D eigenvalue weighted by Gasteiger charge is -2.09. The summed E-state index contributed by atoms with van der Waals surface area (Å²) in [6.45, 7) is 1.35. The average molecular weight is 292 g/mol. The van der Waals surface area contributed by atoms with Gasteiger partial charge in [-0.15, -0.1) is 0 Å². The van der Waals surface area contributed by atoms with Crippen molar-refractivity contribution >= 4 is 11.6 Å². The Morgan fingerprint density at radius 2 is 2.25 bits per heavy atom. The van der Waals surface area contributed by atoms with Crippen molar-refractivity contribution in [2.24, 2.45) is 7.05 Å². The van der Waals surface area contributed by atoms with Gasteiger partial charge in [0.15, 0.2) is 0 Å². The summed E-state index contributed by atoms with van der Waals surface area (Å²) in [5, 5.41) is 8.23. The Kier molecular flexibility index (Phi) is 3.94. The van der Waals surface area contributed by atoms with Gasteiger partial charge in [-0.3, -0.25) is 4.68 Å². The van der Waals surface area contributed by atoms with E-state index in [0.717, 1.165) is 12.1 Å². The lowest BCUT2D eigenvalue weighted by atomic mass is 10.2. The highest BCUT2D eigenvalue weighted by Gasteiger charge is 2.20. The topological polar surface area (TPSA) is 39.1 Å². The van der Waals surface area contributed by atoms with E-state index < -0.39 is 0 Å². The van der Waals surface area contributed by atoms with E-state index in [9.17, 15) is 0 Å². The van der Waals surface area contributed by atoms with E-state index in [1.807, 2.05) is 25.4 Å². The molecule has 2 aromatic rings. The molecule has 4 nitrogen and oxygen atoms in total. The summed E-state index contributed by atoms with van der Waals surface area (Å²) in [7, 11) is 1.89. The molecule has 0 bridgehead atoms. The number of hydrogen-bond acceptors (Lipinski definition) is 3. The van der Waals surface area contributed by atoms with Crippen molar-refractivity contribution < 1.29 is 4.74 Å². The summed E-state index contributed by atoms with van der Waals surface area (Å²) in [5.74, 6) is 0.714. The van der Waals surface area contributed by atoms with Gasteiger partial charge in [0, 0.05) is 31.4 Å². The van der Waals surface area contributed by atoms with Crippen LogP contribution >= 0.6 is 11.6 Å². The van der Waals surface area contributed by atoms with Crippen LogP contribution in [0.1, 0.15) is 24.0 Å². The maximum atomic E-state index is 6.26. The smallest absolute Gasteiger partial charge is 0.138 e. The van der Waals surface area contributed by atoms with Gasteiger partial charge in [-0.2, -0.15) is 5.10 Å². The van der Waals surface area contributed by atoms with Crippen LogP contribution in [0.5, 0.6) is 5.75 Å². The highest BCUT2D eigenvalue weighted by Crippen LogP contribution is 2.27. The molecule has 1 N–H and O–H groups in total. The van der Waals surface area contributed by atoms with Crippen molar-refractivity contribution in [2.75, 3.05) is 0 Å². The third-order valence-corrected chi connectivity index (χ3v) is 3.62. The maximum absolute atomic E-state index is 6.26. The number of rotatable bonds is 6. The minimum atomic E-state index is 0.479. The summed E-state index contributed by atoms with van der Waals surface area (Å²) < 4.78 is 7.48. The van der Waals surface area contributed by atoms with Crippen molar-refractivity contribution in [3.8, 4) is 5.75 Å². The fourth-order valence-electron chi connectivity index (χ4n) is 2.03. The molecule has 0 radical (unpaired) electrons. The van der Waals surface area contributed by atoms with Crippen LogP contribution in [0.15, 0.2) is 30.6 Å². The van der Waals surface area contributed by atoms with Gasteiger partial charge in [-0.05, 0) is 30.5 Å². The van der Waals surface area contributed by atoms with Gasteiger partial charge < -0.3 is 10.1 Å². The van der Waals surface area contributed by atoms with E-state index in [1.54, 1.807) is 10.9 Å². The second-order valence-corrected chi connectivity index (χ2v) is 5.64. The zero-order valence-corrected chi connectivity index (χ0v) is 12.2. The zero-order valence-electron chi connectivity index (χ0n) is 11.5. The quantitative estimate of drug-likeness (QED) is 0.889. The molecule has 1 aliphatic carbocycles. The Labute approximate surface area is 123 Å². The molecule has 20 heavy (non-hydrogen) atoms. The summed E-state index contributed by atoms with van der Waals surface area (Å²) in [4.78, 5) is 0. The van der Waals surface area contributed by atoms with E-state index in [-0.39, 0.29) is 0 Å². The normalized spacial score (nSPS) is 14.5. The number of nitrogens with one attached hydrogen (secondary N) is 1. The molecule has 1 fully saturated rings. The SMILES string of the molecule is Cn1cc(COc2ccc(CNC3CC3)cc2Cl)cn1. The van der Waals surface area contributed by atoms with Gasteiger partial charge in [-0.25, -0.2) is 0 Å². The van der Waals surface area contributed by atoms with Crippen LogP contribution in [-0.2, 0) is 20.2 Å². The van der Waals surface area contributed by atoms with Crippen LogP contribution in [0.2, 0.25) is 5.02 Å². The molecule has 0 aliphatic heterocycles. The Bertz CT molecular complexity index is 593. The van der Waals surface area contributed by atoms with Crippen LogP contribution in [-0.4, -0.2) is 15.8 Å². The van der Waals surface area contributed by atoms with Crippen LogP contribution in [0.25, 0.3) is 0 Å². The van der Waals surface area contributed by atoms with Crippen molar-refractivity contribution in [1.29, 1.82) is 0 Å². The lowest BCUT2D eigenvalue weighted by molar-refractivity contribution is 0.306. The molecule has 0 saturated heterocycles. The number of hydrogen-bond donors (Lipinski definition) is 1. The van der Waals surface area contributed by atoms with Crippen LogP contribution in [0.3, 0.4) is 0 Å². The maximum Gasteiger partial charge on any atom is 0.138 e. The molecule has 0 unspecified atom stereocenters. The average Bonchev–Trinajstić information content (AvgIpc) is 3.17. The molecule has 0 amide bonds. The predicted molar refractivity (Wildman–Crippen MR) is 78.9 cm³/mol. The molecule has 106 valence electrons. The highest BCUT2D eigenvalue weighted by atomic mass is 35.5. The van der Waals surface area contributed by atoms with Crippen LogP contribution in [0, 0.1) is 0 Å². The fourth-order valence-corrected chi connectivity index (χ4v) is 2.29. The Morgan fingerprint density at radius 1 is 1.40 bits per heavy atom. The molecule has 5 heteroatoms. The number of benzene rings is 1. The number of ether oxygens (including phenoxy) is 1. The van der Waals surface area contributed by atoms with Crippen molar-refractivity contribution in [2.45, 2.75) is 32.0 Å². The first-order valence-electron chi connectivity index (χ1n) is 6.83. The first-order valence-corrected chi connectivity index (χ1v) is 7.20. The number of aromatic nitrogens is 2. The van der Waals surface area contributed by atoms with E-state index >= 15 is 0 Å². The van der Waals surface area contributed by atoms with Crippen LogP contribution < -0.4 is 10.1 Å². The molecule has 0 spiro atoms. The van der Waals surface area contributed by atoms with Crippen molar-refractivity contribution in [1.82, 2.24) is 15.1 Å². The summed E-state index contributed by atoms with van der Waals surface area (Å²) >= 11 is 6.26. The van der Waals surface area contributed by atoms with Gasteiger partial charge in [-0.1, -0.05) is 17.7 Å². The third kappa shape index (κ3) is 3.52. The van der Waals surface area contributed by atoms with Gasteiger partial charge in [0.25, 0.3) is 0 Å². The molecule has 3 rings (SSSR count). The third-order valence-electron chi connectivity index (χ3n) is 3.32. The predicted octanol–water partition coefficient (Wildman–Crippen LogP) is 2.90. The monoisotopic (exact) mass is 291 g/mol. The highest BCUT2D eigenvalue weighted by molar-refractivity contribution is 6.32. The minimum Gasteiger partial charge on any atom is -0.487 e. The van der Waals surface area contributed by atoms with E-state index in [2.05, 4.69) is 16.5 Å². The van der Waals surface area contributed by atoms with Crippen molar-refractivity contribution in [3.05, 3.63) is 46.7 Å². The molecule has 0 atom stereocenters. The Balaban J connectivity index is 1.58. The molecule has 1 aliphatic rings. The van der Waals surface area contributed by atoms with Crippen molar-refractivity contribution in [3.63, 3.8) is 0 Å². The fraction of sp³-hybridized carbons (Fsp3) is 0.400. The standard InChI is InChI=1S/C15H18ClN3O/c1-19-9-12(8-18-19)10-20-15-5-2-11(6-14(15)16)7-17-13-3-4-13/h2,5-6,8-9,13,17H,3-4,7,10H2,1H3. The van der Waals surface area contributed by atoms with Gasteiger partial charge in [0.05, 0.1) is 11.2 Å². The number of halogens is 1. The summed E-state index contributed by atoms with van der Waals surface area (Å²) in [6, 6.07) is 6.66. The Morgan fingerprint density at radius 3 is 2.90 bits per heavy atom. The van der Waals surface area contributed by atoms with Crippen LogP contribution in [0.4, 0.5) is 0 Å². The lowest BCUT2D eigenvalue weighted by Crippen LogP contribution is -2.15. The Hall–Kier alpha value is -1.52. The zero-order chi connectivity index (χ0) is 13.9. The second-order valence-electron chi connectivity index (χ2n) is 5.23. The molecule has 1 aromatic heterocycles. The first kappa shape index (κ1) is 13.5. The van der Waals surface area contributed by atoms with Gasteiger partial charge in [0.1, 0.15) is 12.4 Å². The minimum absolute atomic E-state index is 0.479. The second kappa shape index (κ2) is 5.85. The van der Waals surface area contributed by atoms with Gasteiger partial charge in [0.2, 0.25) is 0 Å². The molecule has 1 heterocycles. The largest absolute Gasteiger partial charge is 0.487 e. The van der Waals surface area contributed by atoms with Gasteiger partial charge >= 0.3 is 0 Å².